The summed E-state index contributed by atoms with van der Waals surface area (Å²) in [6, 6.07) is 3.59. The molecule has 0 aliphatic heterocycles. The van der Waals surface area contributed by atoms with Crippen molar-refractivity contribution in [1.29, 1.82) is 0 Å². The molecular formula is C14H19N5O. The fraction of sp³-hybridized carbons (Fsp3) is 0.357. The zero-order chi connectivity index (χ0) is 14.4. The van der Waals surface area contributed by atoms with Crippen molar-refractivity contribution >= 4 is 11.7 Å². The average Bonchev–Trinajstić information content (AvgIpc) is 2.98. The number of carbonyl (C=O) groups is 1. The Kier molecular flexibility index (Phi) is 4.70. The van der Waals surface area contributed by atoms with Gasteiger partial charge in [0.05, 0.1) is 18.6 Å². The lowest BCUT2D eigenvalue weighted by atomic mass is 10.2. The van der Waals surface area contributed by atoms with E-state index < -0.39 is 0 Å². The fourth-order valence-corrected chi connectivity index (χ4v) is 1.83. The largest absolute Gasteiger partial charge is 0.370 e. The summed E-state index contributed by atoms with van der Waals surface area (Å²) in [6.07, 6.45) is 4.07. The Bertz CT molecular complexity index is 565. The maximum absolute atomic E-state index is 12.2. The number of H-pyrrole nitrogens is 1. The number of carbonyl (C=O) groups excluding carboxylic acids is 1. The molecule has 0 aliphatic carbocycles. The van der Waals surface area contributed by atoms with Gasteiger partial charge >= 0.3 is 0 Å². The van der Waals surface area contributed by atoms with Crippen molar-refractivity contribution in [2.24, 2.45) is 0 Å². The second-order valence-electron chi connectivity index (χ2n) is 4.38. The molecule has 2 aromatic heterocycles. The molecule has 0 fully saturated rings. The van der Waals surface area contributed by atoms with Gasteiger partial charge in [-0.2, -0.15) is 0 Å². The molecule has 6 nitrogen and oxygen atoms in total. The summed E-state index contributed by atoms with van der Waals surface area (Å²) in [5.41, 5.74) is 2.39. The molecule has 2 heterocycles. The van der Waals surface area contributed by atoms with Crippen LogP contribution in [0.5, 0.6) is 0 Å². The lowest BCUT2D eigenvalue weighted by Crippen LogP contribution is -2.23. The first kappa shape index (κ1) is 14.0. The number of nitrogens with one attached hydrogen (secondary N) is 3. The fourth-order valence-electron chi connectivity index (χ4n) is 1.83. The monoisotopic (exact) mass is 273 g/mol. The van der Waals surface area contributed by atoms with Crippen LogP contribution < -0.4 is 10.6 Å². The Labute approximate surface area is 118 Å². The third kappa shape index (κ3) is 3.57. The van der Waals surface area contributed by atoms with Gasteiger partial charge in [-0.1, -0.05) is 6.92 Å². The molecule has 1 amide bonds. The van der Waals surface area contributed by atoms with Crippen LogP contribution in [0.1, 0.15) is 35.6 Å². The number of aromatic nitrogens is 3. The first-order chi connectivity index (χ1) is 9.72. The number of hydrogen-bond donors (Lipinski definition) is 3. The molecule has 0 aliphatic rings. The standard InChI is InChI=1S/C14H19N5O/c1-3-11-5-10(6-13(19-11)16-4-2)14(20)17-8-12-7-15-9-18-12/h5-7,9H,3-4,8H2,1-2H3,(H,15,18)(H,16,19)(H,17,20). The third-order valence-corrected chi connectivity index (χ3v) is 2.85. The van der Waals surface area contributed by atoms with Crippen molar-refractivity contribution in [3.8, 4) is 0 Å². The molecule has 0 saturated carbocycles. The van der Waals surface area contributed by atoms with Gasteiger partial charge in [0.25, 0.3) is 5.91 Å². The van der Waals surface area contributed by atoms with Crippen LogP contribution in [0.2, 0.25) is 0 Å². The van der Waals surface area contributed by atoms with Gasteiger partial charge in [-0.15, -0.1) is 0 Å². The molecule has 0 aromatic carbocycles. The highest BCUT2D eigenvalue weighted by molar-refractivity contribution is 5.94. The molecule has 0 radical (unpaired) electrons. The van der Waals surface area contributed by atoms with Gasteiger partial charge in [0.2, 0.25) is 0 Å². The quantitative estimate of drug-likeness (QED) is 0.748. The molecule has 0 unspecified atom stereocenters. The Morgan fingerprint density at radius 2 is 2.20 bits per heavy atom. The minimum atomic E-state index is -0.115. The smallest absolute Gasteiger partial charge is 0.251 e. The number of anilines is 1. The number of hydrogen-bond acceptors (Lipinski definition) is 4. The zero-order valence-electron chi connectivity index (χ0n) is 11.7. The number of imidazole rings is 1. The Balaban J connectivity index is 2.09. The van der Waals surface area contributed by atoms with Crippen LogP contribution in [-0.2, 0) is 13.0 Å². The van der Waals surface area contributed by atoms with Crippen LogP contribution in [0.15, 0.2) is 24.7 Å². The normalized spacial score (nSPS) is 10.3. The summed E-state index contributed by atoms with van der Waals surface area (Å²) >= 11 is 0. The van der Waals surface area contributed by atoms with E-state index in [-0.39, 0.29) is 5.91 Å². The lowest BCUT2D eigenvalue weighted by molar-refractivity contribution is 0.0950. The van der Waals surface area contributed by atoms with Crippen molar-refractivity contribution in [1.82, 2.24) is 20.3 Å². The van der Waals surface area contributed by atoms with Gasteiger partial charge < -0.3 is 15.6 Å². The lowest BCUT2D eigenvalue weighted by Gasteiger charge is -2.09. The number of pyridine rings is 1. The highest BCUT2D eigenvalue weighted by atomic mass is 16.1. The predicted molar refractivity (Wildman–Crippen MR) is 77.5 cm³/mol. The minimum Gasteiger partial charge on any atom is -0.370 e. The molecule has 106 valence electrons. The molecule has 0 bridgehead atoms. The first-order valence-corrected chi connectivity index (χ1v) is 6.73. The Morgan fingerprint density at radius 3 is 2.85 bits per heavy atom. The summed E-state index contributed by atoms with van der Waals surface area (Å²) in [4.78, 5) is 23.4. The molecule has 20 heavy (non-hydrogen) atoms. The van der Waals surface area contributed by atoms with Crippen LogP contribution >= 0.6 is 0 Å². The third-order valence-electron chi connectivity index (χ3n) is 2.85. The number of rotatable bonds is 6. The Morgan fingerprint density at radius 1 is 1.35 bits per heavy atom. The molecule has 3 N–H and O–H groups in total. The number of nitrogens with zero attached hydrogens (tertiary/aromatic N) is 2. The van der Waals surface area contributed by atoms with E-state index in [1.54, 1.807) is 18.6 Å². The average molecular weight is 273 g/mol. The molecule has 6 heteroatoms. The van der Waals surface area contributed by atoms with Crippen LogP contribution in [0, 0.1) is 0 Å². The van der Waals surface area contributed by atoms with Gasteiger partial charge in [-0.25, -0.2) is 9.97 Å². The molecule has 2 rings (SSSR count). The maximum atomic E-state index is 12.2. The summed E-state index contributed by atoms with van der Waals surface area (Å²) in [7, 11) is 0. The summed E-state index contributed by atoms with van der Waals surface area (Å²) < 4.78 is 0. The SMILES string of the molecule is CCNc1cc(C(=O)NCc2cnc[nH]2)cc(CC)n1. The van der Waals surface area contributed by atoms with Gasteiger partial charge in [0.15, 0.2) is 0 Å². The van der Waals surface area contributed by atoms with E-state index in [4.69, 9.17) is 0 Å². The molecule has 0 saturated heterocycles. The van der Waals surface area contributed by atoms with Gasteiger partial charge in [-0.05, 0) is 25.5 Å². The maximum Gasteiger partial charge on any atom is 0.251 e. The molecular weight excluding hydrogens is 254 g/mol. The Hall–Kier alpha value is -2.37. The van der Waals surface area contributed by atoms with Crippen LogP contribution in [-0.4, -0.2) is 27.4 Å². The number of aryl methyl sites for hydroxylation is 1. The van der Waals surface area contributed by atoms with Crippen LogP contribution in [0.3, 0.4) is 0 Å². The minimum absolute atomic E-state index is 0.115. The van der Waals surface area contributed by atoms with Crippen molar-refractivity contribution in [3.05, 3.63) is 41.6 Å². The van der Waals surface area contributed by atoms with E-state index in [0.717, 1.165) is 30.2 Å². The summed E-state index contributed by atoms with van der Waals surface area (Å²) in [6.45, 7) is 5.22. The van der Waals surface area contributed by atoms with Crippen LogP contribution in [0.4, 0.5) is 5.82 Å². The number of amides is 1. The van der Waals surface area contributed by atoms with Gasteiger partial charge in [-0.3, -0.25) is 4.79 Å². The van der Waals surface area contributed by atoms with E-state index in [1.165, 1.54) is 0 Å². The van der Waals surface area contributed by atoms with Crippen molar-refractivity contribution in [3.63, 3.8) is 0 Å². The second kappa shape index (κ2) is 6.70. The molecule has 2 aromatic rings. The van der Waals surface area contributed by atoms with Crippen molar-refractivity contribution in [2.45, 2.75) is 26.8 Å². The van der Waals surface area contributed by atoms with Crippen molar-refractivity contribution < 1.29 is 4.79 Å². The van der Waals surface area contributed by atoms with E-state index in [1.807, 2.05) is 19.9 Å². The zero-order valence-corrected chi connectivity index (χ0v) is 11.7. The van der Waals surface area contributed by atoms with E-state index in [2.05, 4.69) is 25.6 Å². The highest BCUT2D eigenvalue weighted by Gasteiger charge is 2.09. The summed E-state index contributed by atoms with van der Waals surface area (Å²) in [5, 5.41) is 6.00. The van der Waals surface area contributed by atoms with E-state index in [0.29, 0.717) is 12.1 Å². The topological polar surface area (TPSA) is 82.7 Å². The first-order valence-electron chi connectivity index (χ1n) is 6.73. The summed E-state index contributed by atoms with van der Waals surface area (Å²) in [5.74, 6) is 0.620. The molecule has 0 atom stereocenters. The van der Waals surface area contributed by atoms with E-state index in [9.17, 15) is 4.79 Å². The number of aromatic amines is 1. The predicted octanol–water partition coefficient (Wildman–Crippen LogP) is 1.73. The van der Waals surface area contributed by atoms with Gasteiger partial charge in [0.1, 0.15) is 5.82 Å². The van der Waals surface area contributed by atoms with E-state index >= 15 is 0 Å². The highest BCUT2D eigenvalue weighted by Crippen LogP contribution is 2.11. The van der Waals surface area contributed by atoms with Crippen molar-refractivity contribution in [2.75, 3.05) is 11.9 Å². The second-order valence-corrected chi connectivity index (χ2v) is 4.38. The van der Waals surface area contributed by atoms with Gasteiger partial charge in [0, 0.05) is 24.0 Å². The molecule has 0 spiro atoms. The van der Waals surface area contributed by atoms with Crippen LogP contribution in [0.25, 0.3) is 0 Å².